The van der Waals surface area contributed by atoms with Crippen LogP contribution in [-0.4, -0.2) is 39.0 Å². The van der Waals surface area contributed by atoms with E-state index >= 15 is 0 Å². The maximum atomic E-state index is 12.1. The highest BCUT2D eigenvalue weighted by Crippen LogP contribution is 2.25. The quantitative estimate of drug-likeness (QED) is 0.147. The summed E-state index contributed by atoms with van der Waals surface area (Å²) in [6, 6.07) is 7.58. The van der Waals surface area contributed by atoms with Gasteiger partial charge in [0.05, 0.1) is 6.54 Å². The Bertz CT molecular complexity index is 1130. The second-order valence-electron chi connectivity index (χ2n) is 7.41. The van der Waals surface area contributed by atoms with Crippen LogP contribution in [0.2, 0.25) is 0 Å². The largest absolute Gasteiger partial charge is 0.385 e. The molecule has 4 N–H and O–H groups in total. The molecule has 3 rings (SSSR count). The van der Waals surface area contributed by atoms with Crippen LogP contribution in [0.3, 0.4) is 0 Å². The molecule has 15 heteroatoms. The van der Waals surface area contributed by atoms with Gasteiger partial charge >= 0.3 is 16.5 Å². The smallest absolute Gasteiger partial charge is 0.320 e. The van der Waals surface area contributed by atoms with Crippen molar-refractivity contribution < 1.29 is 37.6 Å². The first-order valence-corrected chi connectivity index (χ1v) is 13.7. The molecule has 2 unspecified atom stereocenters. The van der Waals surface area contributed by atoms with Gasteiger partial charge < -0.3 is 24.5 Å². The van der Waals surface area contributed by atoms with Gasteiger partial charge in [-0.25, -0.2) is 0 Å². The molecule has 186 valence electrons. The maximum Gasteiger partial charge on any atom is 0.320 e. The lowest BCUT2D eigenvalue weighted by Gasteiger charge is -2.16. The highest BCUT2D eigenvalue weighted by molar-refractivity contribution is 7.32. The van der Waals surface area contributed by atoms with Crippen LogP contribution in [0.5, 0.6) is 0 Å². The number of aromatic nitrogens is 1. The van der Waals surface area contributed by atoms with Gasteiger partial charge in [0.2, 0.25) is 0 Å². The Balaban J connectivity index is 1.75. The summed E-state index contributed by atoms with van der Waals surface area (Å²) in [6.45, 7) is 1.62. The molecule has 1 aliphatic rings. The van der Waals surface area contributed by atoms with Crippen molar-refractivity contribution in [3.8, 4) is 0 Å². The SMILES string of the molecule is Cc1ccc(/C(Cn2c3c(sc2=N)CCCC3)=N\OCC(=O)NC(O[PH](=O)O)O[PH](=O)O)cc1. The molecule has 0 saturated carbocycles. The zero-order valence-electron chi connectivity index (χ0n) is 18.3. The van der Waals surface area contributed by atoms with E-state index in [9.17, 15) is 13.9 Å². The van der Waals surface area contributed by atoms with Gasteiger partial charge in [-0.05, 0) is 32.6 Å². The van der Waals surface area contributed by atoms with E-state index in [0.717, 1.165) is 42.5 Å². The van der Waals surface area contributed by atoms with Crippen molar-refractivity contribution in [3.63, 3.8) is 0 Å². The number of benzene rings is 1. The van der Waals surface area contributed by atoms with Gasteiger partial charge in [0.15, 0.2) is 11.4 Å². The third kappa shape index (κ3) is 7.71. The van der Waals surface area contributed by atoms with Crippen LogP contribution in [0.25, 0.3) is 0 Å². The van der Waals surface area contributed by atoms with Crippen molar-refractivity contribution in [3.05, 3.63) is 50.8 Å². The Morgan fingerprint density at radius 1 is 1.21 bits per heavy atom. The molecular weight excluding hydrogens is 506 g/mol. The number of hydrogen-bond acceptors (Lipinski definition) is 9. The Morgan fingerprint density at radius 2 is 1.85 bits per heavy atom. The summed E-state index contributed by atoms with van der Waals surface area (Å²) in [4.78, 5) is 36.6. The van der Waals surface area contributed by atoms with E-state index < -0.39 is 35.4 Å². The summed E-state index contributed by atoms with van der Waals surface area (Å²) in [5.74, 6) is -0.856. The third-order valence-corrected chi connectivity index (χ3v) is 6.87. The minimum atomic E-state index is -3.55. The first-order valence-electron chi connectivity index (χ1n) is 10.3. The van der Waals surface area contributed by atoms with E-state index in [0.29, 0.717) is 10.5 Å². The summed E-state index contributed by atoms with van der Waals surface area (Å²) in [5.41, 5.74) is 3.44. The minimum absolute atomic E-state index is 0.281. The third-order valence-electron chi connectivity index (χ3n) is 4.94. The fraction of sp³-hybridized carbons (Fsp3) is 0.421. The van der Waals surface area contributed by atoms with E-state index in [1.165, 1.54) is 16.2 Å². The van der Waals surface area contributed by atoms with Gasteiger partial charge in [-0.1, -0.05) is 35.0 Å². The molecule has 0 fully saturated rings. The van der Waals surface area contributed by atoms with Crippen molar-refractivity contribution in [1.82, 2.24) is 9.88 Å². The van der Waals surface area contributed by atoms with Crippen LogP contribution in [0, 0.1) is 12.3 Å². The van der Waals surface area contributed by atoms with E-state index in [2.05, 4.69) is 14.2 Å². The molecule has 1 aromatic carbocycles. The topological polar surface area (TPSA) is 173 Å². The van der Waals surface area contributed by atoms with Crippen molar-refractivity contribution in [2.75, 3.05) is 6.61 Å². The number of nitrogens with one attached hydrogen (secondary N) is 2. The van der Waals surface area contributed by atoms with Crippen LogP contribution in [0.1, 0.15) is 34.5 Å². The number of nitrogens with zero attached hydrogens (tertiary/aromatic N) is 2. The number of fused-ring (bicyclic) bond motifs is 1. The van der Waals surface area contributed by atoms with Gasteiger partial charge in [-0.3, -0.25) is 28.4 Å². The summed E-state index contributed by atoms with van der Waals surface area (Å²) >= 11 is 1.46. The number of oxime groups is 1. The number of thiazole rings is 1. The maximum absolute atomic E-state index is 12.1. The normalized spacial score (nSPS) is 16.4. The number of rotatable bonds is 11. The number of carbonyl (C=O) groups is 1. The molecule has 0 radical (unpaired) electrons. The first-order chi connectivity index (χ1) is 16.2. The van der Waals surface area contributed by atoms with Crippen molar-refractivity contribution in [2.45, 2.75) is 45.6 Å². The molecule has 1 amide bonds. The van der Waals surface area contributed by atoms with Crippen LogP contribution < -0.4 is 10.1 Å². The van der Waals surface area contributed by atoms with E-state index in [1.54, 1.807) is 0 Å². The van der Waals surface area contributed by atoms with Gasteiger partial charge in [0.25, 0.3) is 12.3 Å². The Labute approximate surface area is 200 Å². The predicted octanol–water partition coefficient (Wildman–Crippen LogP) is 1.83. The lowest BCUT2D eigenvalue weighted by Crippen LogP contribution is -2.38. The molecule has 2 aromatic rings. The second kappa shape index (κ2) is 12.6. The average molecular weight is 532 g/mol. The predicted molar refractivity (Wildman–Crippen MR) is 125 cm³/mol. The molecule has 34 heavy (non-hydrogen) atoms. The van der Waals surface area contributed by atoms with Gasteiger partial charge in [0, 0.05) is 16.1 Å². The van der Waals surface area contributed by atoms with E-state index in [1.807, 2.05) is 41.1 Å². The summed E-state index contributed by atoms with van der Waals surface area (Å²) in [5, 5.41) is 14.5. The number of hydrogen-bond donors (Lipinski definition) is 4. The standard InChI is InChI=1S/C19H26N4O8P2S/c1-12-6-8-13(9-7-12)14(10-23-15-4-2-3-5-16(15)34-18(23)20)22-29-11-17(24)21-19(30-32(25)26)31-33(27)28/h6-9,19-20,32-33H,2-5,10-11H2,1H3,(H,21,24)(H,25,26)(H,27,28)/b20-18?,22-14-. The first kappa shape index (κ1) is 26.5. The molecule has 1 aliphatic carbocycles. The van der Waals surface area contributed by atoms with E-state index in [-0.39, 0.29) is 6.54 Å². The lowest BCUT2D eigenvalue weighted by atomic mass is 10.0. The molecule has 2 atom stereocenters. The number of amides is 1. The molecule has 1 aromatic heterocycles. The van der Waals surface area contributed by atoms with Crippen LogP contribution in [-0.2, 0) is 47.2 Å². The molecule has 0 aliphatic heterocycles. The van der Waals surface area contributed by atoms with Gasteiger partial charge in [-0.15, -0.1) is 11.3 Å². The molecule has 0 saturated heterocycles. The van der Waals surface area contributed by atoms with Crippen molar-refractivity contribution in [2.24, 2.45) is 5.16 Å². The molecule has 0 bridgehead atoms. The highest BCUT2D eigenvalue weighted by Gasteiger charge is 2.20. The highest BCUT2D eigenvalue weighted by atomic mass is 32.1. The molecule has 12 nitrogen and oxygen atoms in total. The van der Waals surface area contributed by atoms with E-state index in [4.69, 9.17) is 20.0 Å². The molecular formula is C19H26N4O8P2S. The number of carbonyl (C=O) groups excluding carboxylic acids is 1. The lowest BCUT2D eigenvalue weighted by molar-refractivity contribution is -0.133. The fourth-order valence-electron chi connectivity index (χ4n) is 3.40. The summed E-state index contributed by atoms with van der Waals surface area (Å²) < 4.78 is 32.3. The number of aryl methyl sites for hydroxylation is 2. The van der Waals surface area contributed by atoms with Crippen molar-refractivity contribution >= 4 is 39.5 Å². The second-order valence-corrected chi connectivity index (χ2v) is 10.0. The van der Waals surface area contributed by atoms with Gasteiger partial charge in [-0.2, -0.15) is 0 Å². The Hall–Kier alpha value is -2.11. The Morgan fingerprint density at radius 3 is 2.50 bits per heavy atom. The fourth-order valence-corrected chi connectivity index (χ4v) is 5.17. The zero-order valence-corrected chi connectivity index (χ0v) is 21.1. The molecule has 1 heterocycles. The van der Waals surface area contributed by atoms with Crippen LogP contribution in [0.4, 0.5) is 0 Å². The summed E-state index contributed by atoms with van der Waals surface area (Å²) in [7, 11) is -7.10. The molecule has 0 spiro atoms. The Kier molecular flexibility index (Phi) is 9.78. The minimum Gasteiger partial charge on any atom is -0.385 e. The monoisotopic (exact) mass is 532 g/mol. The zero-order chi connectivity index (χ0) is 24.7. The van der Waals surface area contributed by atoms with Crippen LogP contribution >= 0.6 is 27.8 Å². The van der Waals surface area contributed by atoms with Gasteiger partial charge in [0.1, 0.15) is 5.71 Å². The van der Waals surface area contributed by atoms with Crippen molar-refractivity contribution in [1.29, 1.82) is 5.41 Å². The average Bonchev–Trinajstić information content (AvgIpc) is 3.07. The van der Waals surface area contributed by atoms with Crippen LogP contribution in [0.15, 0.2) is 29.4 Å². The summed E-state index contributed by atoms with van der Waals surface area (Å²) in [6.07, 6.45) is 2.12.